The lowest BCUT2D eigenvalue weighted by Gasteiger charge is -2.26. The van der Waals surface area contributed by atoms with E-state index in [0.29, 0.717) is 34.3 Å². The van der Waals surface area contributed by atoms with E-state index in [1.807, 2.05) is 0 Å². The first-order valence-electron chi connectivity index (χ1n) is 8.84. The number of hydrogen-bond donors (Lipinski definition) is 1. The fourth-order valence-corrected chi connectivity index (χ4v) is 3.30. The number of nitrogens with one attached hydrogen (secondary N) is 1. The van der Waals surface area contributed by atoms with Gasteiger partial charge in [0.15, 0.2) is 23.0 Å². The summed E-state index contributed by atoms with van der Waals surface area (Å²) in [6.45, 7) is 0.108. The van der Waals surface area contributed by atoms with E-state index in [1.54, 1.807) is 18.2 Å². The Hall–Kier alpha value is -4.21. The average Bonchev–Trinajstić information content (AvgIpc) is 3.38. The molecule has 0 aliphatic carbocycles. The summed E-state index contributed by atoms with van der Waals surface area (Å²) in [5, 5.41) is 2.18. The Bertz CT molecular complexity index is 1140. The maximum Gasteiger partial charge on any atom is 0.335 e. The van der Waals surface area contributed by atoms with Crippen LogP contribution < -0.4 is 33.9 Å². The van der Waals surface area contributed by atoms with Crippen molar-refractivity contribution in [2.75, 3.05) is 25.6 Å². The van der Waals surface area contributed by atoms with Crippen molar-refractivity contribution in [3.8, 4) is 28.7 Å². The number of fused-ring (bicyclic) bond motifs is 2. The van der Waals surface area contributed by atoms with Crippen LogP contribution in [0.1, 0.15) is 5.56 Å². The number of ether oxygens (including phenoxy) is 5. The molecular formula is C20H14N2O8. The first kappa shape index (κ1) is 17.9. The normalized spacial score (nSPS) is 18.1. The summed E-state index contributed by atoms with van der Waals surface area (Å²) in [6, 6.07) is 6.93. The Labute approximate surface area is 169 Å². The Morgan fingerprint density at radius 1 is 0.933 bits per heavy atom. The van der Waals surface area contributed by atoms with Gasteiger partial charge in [-0.05, 0) is 24.3 Å². The van der Waals surface area contributed by atoms with Crippen LogP contribution in [0.25, 0.3) is 6.08 Å². The van der Waals surface area contributed by atoms with Crippen molar-refractivity contribution in [2.45, 2.75) is 0 Å². The molecule has 0 saturated carbocycles. The summed E-state index contributed by atoms with van der Waals surface area (Å²) in [6.07, 6.45) is 1.34. The van der Waals surface area contributed by atoms with Gasteiger partial charge in [-0.3, -0.25) is 14.9 Å². The van der Waals surface area contributed by atoms with E-state index in [2.05, 4.69) is 5.32 Å². The first-order chi connectivity index (χ1) is 14.5. The highest BCUT2D eigenvalue weighted by molar-refractivity contribution is 6.39. The van der Waals surface area contributed by atoms with Crippen molar-refractivity contribution >= 4 is 29.6 Å². The van der Waals surface area contributed by atoms with Crippen molar-refractivity contribution < 1.29 is 38.1 Å². The fourth-order valence-electron chi connectivity index (χ4n) is 3.30. The highest BCUT2D eigenvalue weighted by Crippen LogP contribution is 2.40. The number of methoxy groups -OCH3 is 1. The molecule has 3 aliphatic rings. The van der Waals surface area contributed by atoms with Crippen molar-refractivity contribution in [3.63, 3.8) is 0 Å². The topological polar surface area (TPSA) is 113 Å². The molecule has 1 fully saturated rings. The molecule has 0 unspecified atom stereocenters. The second kappa shape index (κ2) is 6.69. The zero-order chi connectivity index (χ0) is 20.8. The molecule has 3 heterocycles. The van der Waals surface area contributed by atoms with E-state index in [-0.39, 0.29) is 24.8 Å². The standard InChI is InChI=1S/C20H14N2O8/c1-26-14-7-17-15(28-9-30-17)5-10(14)4-12-18(23)21-20(25)22(19(12)24)11-2-3-13-16(6-11)29-8-27-13/h2-7H,8-9H2,1H3,(H,21,23,25)/b12-4+. The minimum absolute atomic E-state index is 0.0481. The number of imide groups is 2. The largest absolute Gasteiger partial charge is 0.496 e. The second-order valence-corrected chi connectivity index (χ2v) is 6.44. The summed E-state index contributed by atoms with van der Waals surface area (Å²) in [5.41, 5.74) is 0.405. The average molecular weight is 410 g/mol. The first-order valence-corrected chi connectivity index (χ1v) is 8.84. The predicted molar refractivity (Wildman–Crippen MR) is 101 cm³/mol. The third-order valence-corrected chi connectivity index (χ3v) is 4.74. The van der Waals surface area contributed by atoms with Crippen LogP contribution in [0.3, 0.4) is 0 Å². The van der Waals surface area contributed by atoms with Crippen LogP contribution in [0, 0.1) is 0 Å². The molecular weight excluding hydrogens is 396 g/mol. The summed E-state index contributed by atoms with van der Waals surface area (Å²) in [7, 11) is 1.45. The Morgan fingerprint density at radius 3 is 2.33 bits per heavy atom. The highest BCUT2D eigenvalue weighted by Gasteiger charge is 2.37. The molecule has 3 aliphatic heterocycles. The zero-order valence-electron chi connectivity index (χ0n) is 15.6. The number of rotatable bonds is 3. The number of amides is 4. The van der Waals surface area contributed by atoms with Crippen LogP contribution in [0.4, 0.5) is 10.5 Å². The van der Waals surface area contributed by atoms with Gasteiger partial charge in [-0.15, -0.1) is 0 Å². The maximum absolute atomic E-state index is 13.1. The van der Waals surface area contributed by atoms with Crippen LogP contribution in [0.5, 0.6) is 28.7 Å². The van der Waals surface area contributed by atoms with Gasteiger partial charge in [0.1, 0.15) is 11.3 Å². The number of carbonyl (C=O) groups is 3. The summed E-state index contributed by atoms with van der Waals surface area (Å²) >= 11 is 0. The van der Waals surface area contributed by atoms with Gasteiger partial charge in [-0.25, -0.2) is 9.69 Å². The Balaban J connectivity index is 1.55. The van der Waals surface area contributed by atoms with Gasteiger partial charge in [-0.2, -0.15) is 0 Å². The molecule has 0 bridgehead atoms. The number of benzene rings is 2. The molecule has 30 heavy (non-hydrogen) atoms. The number of barbiturate groups is 1. The molecule has 1 N–H and O–H groups in total. The molecule has 0 radical (unpaired) electrons. The minimum atomic E-state index is -0.862. The van der Waals surface area contributed by atoms with Gasteiger partial charge >= 0.3 is 6.03 Å². The summed E-state index contributed by atoms with van der Waals surface area (Å²) in [4.78, 5) is 38.8. The molecule has 10 heteroatoms. The number of anilines is 1. The lowest BCUT2D eigenvalue weighted by molar-refractivity contribution is -0.122. The third kappa shape index (κ3) is 2.77. The van der Waals surface area contributed by atoms with Gasteiger partial charge in [0, 0.05) is 17.7 Å². The van der Waals surface area contributed by atoms with E-state index in [1.165, 1.54) is 25.3 Å². The minimum Gasteiger partial charge on any atom is -0.496 e. The van der Waals surface area contributed by atoms with Crippen LogP contribution in [-0.4, -0.2) is 38.5 Å². The third-order valence-electron chi connectivity index (χ3n) is 4.74. The SMILES string of the molecule is COc1cc2c(cc1/C=C1\C(=O)NC(=O)N(c3ccc4c(c3)OCO4)C1=O)OCO2. The van der Waals surface area contributed by atoms with Crippen LogP contribution in [-0.2, 0) is 9.59 Å². The quantitative estimate of drug-likeness (QED) is 0.602. The predicted octanol–water partition coefficient (Wildman–Crippen LogP) is 1.82. The molecule has 10 nitrogen and oxygen atoms in total. The lowest BCUT2D eigenvalue weighted by atomic mass is 10.1. The van der Waals surface area contributed by atoms with E-state index in [0.717, 1.165) is 4.90 Å². The van der Waals surface area contributed by atoms with Gasteiger partial charge in [-0.1, -0.05) is 0 Å². The molecule has 1 saturated heterocycles. The van der Waals surface area contributed by atoms with E-state index in [4.69, 9.17) is 23.7 Å². The maximum atomic E-state index is 13.1. The molecule has 0 atom stereocenters. The molecule has 5 rings (SSSR count). The van der Waals surface area contributed by atoms with Crippen molar-refractivity contribution in [1.82, 2.24) is 5.32 Å². The molecule has 0 spiro atoms. The van der Waals surface area contributed by atoms with Crippen LogP contribution >= 0.6 is 0 Å². The summed E-state index contributed by atoms with van der Waals surface area (Å²) in [5.74, 6) is 0.608. The van der Waals surface area contributed by atoms with E-state index >= 15 is 0 Å². The van der Waals surface area contributed by atoms with Crippen molar-refractivity contribution in [2.24, 2.45) is 0 Å². The fraction of sp³-hybridized carbons (Fsp3) is 0.150. The lowest BCUT2D eigenvalue weighted by Crippen LogP contribution is -2.54. The van der Waals surface area contributed by atoms with Crippen LogP contribution in [0.15, 0.2) is 35.9 Å². The van der Waals surface area contributed by atoms with Gasteiger partial charge in [0.2, 0.25) is 13.6 Å². The van der Waals surface area contributed by atoms with Crippen LogP contribution in [0.2, 0.25) is 0 Å². The van der Waals surface area contributed by atoms with E-state index < -0.39 is 17.8 Å². The number of hydrogen-bond acceptors (Lipinski definition) is 8. The second-order valence-electron chi connectivity index (χ2n) is 6.44. The molecule has 0 aromatic heterocycles. The molecule has 2 aromatic rings. The Morgan fingerprint density at radius 2 is 1.60 bits per heavy atom. The Kier molecular flexibility index (Phi) is 3.98. The molecule has 2 aromatic carbocycles. The number of urea groups is 1. The monoisotopic (exact) mass is 410 g/mol. The molecule has 4 amide bonds. The van der Waals surface area contributed by atoms with Gasteiger partial charge in [0.05, 0.1) is 12.8 Å². The smallest absolute Gasteiger partial charge is 0.335 e. The molecule has 152 valence electrons. The van der Waals surface area contributed by atoms with Gasteiger partial charge in [0.25, 0.3) is 11.8 Å². The number of carbonyl (C=O) groups excluding carboxylic acids is 3. The zero-order valence-corrected chi connectivity index (χ0v) is 15.6. The summed E-state index contributed by atoms with van der Waals surface area (Å²) < 4.78 is 26.5. The van der Waals surface area contributed by atoms with Crippen molar-refractivity contribution in [1.29, 1.82) is 0 Å². The van der Waals surface area contributed by atoms with Gasteiger partial charge < -0.3 is 23.7 Å². The highest BCUT2D eigenvalue weighted by atomic mass is 16.7. The van der Waals surface area contributed by atoms with Crippen molar-refractivity contribution in [3.05, 3.63) is 41.5 Å². The number of nitrogens with zero attached hydrogens (tertiary/aromatic N) is 1. The van der Waals surface area contributed by atoms with E-state index in [9.17, 15) is 14.4 Å².